The Hall–Kier alpha value is -1.51. The summed E-state index contributed by atoms with van der Waals surface area (Å²) in [4.78, 5) is 4.49. The lowest BCUT2D eigenvalue weighted by atomic mass is 10.1. The second-order valence-electron chi connectivity index (χ2n) is 5.57. The topological polar surface area (TPSA) is 38.1 Å². The standard InChI is InChI=1S/C16H22N2O/c1-3-11-5-6-12(9-11)17-13-7-8-15-14(10-13)18-16(4-2)19-15/h7-8,10-12,17H,3-6,9H2,1-2H3. The third-order valence-electron chi connectivity index (χ3n) is 4.22. The summed E-state index contributed by atoms with van der Waals surface area (Å²) in [5.41, 5.74) is 3.03. The SMILES string of the molecule is CCc1nc2cc(NC3CCC(CC)C3)ccc2o1. The van der Waals surface area contributed by atoms with Crippen molar-refractivity contribution < 1.29 is 4.42 Å². The molecule has 3 heteroatoms. The van der Waals surface area contributed by atoms with Crippen LogP contribution in [-0.4, -0.2) is 11.0 Å². The average Bonchev–Trinajstić information content (AvgIpc) is 3.04. The highest BCUT2D eigenvalue weighted by Crippen LogP contribution is 2.30. The fourth-order valence-electron chi connectivity index (χ4n) is 3.03. The van der Waals surface area contributed by atoms with Gasteiger partial charge in [0.1, 0.15) is 5.52 Å². The van der Waals surface area contributed by atoms with Crippen molar-refractivity contribution >= 4 is 16.8 Å². The molecule has 0 bridgehead atoms. The number of benzene rings is 1. The third kappa shape index (κ3) is 2.60. The van der Waals surface area contributed by atoms with Crippen LogP contribution in [0.4, 0.5) is 5.69 Å². The maximum atomic E-state index is 5.64. The van der Waals surface area contributed by atoms with Crippen molar-refractivity contribution in [1.29, 1.82) is 0 Å². The molecule has 3 rings (SSSR count). The highest BCUT2D eigenvalue weighted by Gasteiger charge is 2.23. The quantitative estimate of drug-likeness (QED) is 0.884. The number of nitrogens with zero attached hydrogens (tertiary/aromatic N) is 1. The van der Waals surface area contributed by atoms with Crippen molar-refractivity contribution in [2.45, 2.75) is 52.0 Å². The first-order valence-electron chi connectivity index (χ1n) is 7.44. The second-order valence-corrected chi connectivity index (χ2v) is 5.57. The Balaban J connectivity index is 1.74. The third-order valence-corrected chi connectivity index (χ3v) is 4.22. The molecule has 0 radical (unpaired) electrons. The van der Waals surface area contributed by atoms with E-state index >= 15 is 0 Å². The Labute approximate surface area is 114 Å². The van der Waals surface area contributed by atoms with Gasteiger partial charge in [0, 0.05) is 18.2 Å². The number of rotatable bonds is 4. The van der Waals surface area contributed by atoms with Gasteiger partial charge < -0.3 is 9.73 Å². The lowest BCUT2D eigenvalue weighted by Crippen LogP contribution is -2.15. The van der Waals surface area contributed by atoms with Crippen LogP contribution in [0.5, 0.6) is 0 Å². The molecule has 1 fully saturated rings. The van der Waals surface area contributed by atoms with Gasteiger partial charge in [-0.25, -0.2) is 4.98 Å². The van der Waals surface area contributed by atoms with E-state index in [1.165, 1.54) is 31.4 Å². The largest absolute Gasteiger partial charge is 0.441 e. The Bertz CT molecular complexity index is 561. The summed E-state index contributed by atoms with van der Waals surface area (Å²) in [6, 6.07) is 6.86. The van der Waals surface area contributed by atoms with Crippen LogP contribution in [-0.2, 0) is 6.42 Å². The van der Waals surface area contributed by atoms with E-state index in [-0.39, 0.29) is 0 Å². The minimum atomic E-state index is 0.625. The Kier molecular flexibility index (Phi) is 3.45. The summed E-state index contributed by atoms with van der Waals surface area (Å²) in [5.74, 6) is 1.72. The van der Waals surface area contributed by atoms with Crippen molar-refractivity contribution in [1.82, 2.24) is 4.98 Å². The van der Waals surface area contributed by atoms with Gasteiger partial charge in [0.25, 0.3) is 0 Å². The molecular weight excluding hydrogens is 236 g/mol. The molecule has 0 amide bonds. The summed E-state index contributed by atoms with van der Waals surface area (Å²) in [6.07, 6.45) is 6.10. The van der Waals surface area contributed by atoms with Crippen molar-refractivity contribution in [2.24, 2.45) is 5.92 Å². The van der Waals surface area contributed by atoms with E-state index in [4.69, 9.17) is 4.42 Å². The van der Waals surface area contributed by atoms with Crippen molar-refractivity contribution in [3.63, 3.8) is 0 Å². The van der Waals surface area contributed by atoms with Crippen LogP contribution in [0.15, 0.2) is 22.6 Å². The highest BCUT2D eigenvalue weighted by molar-refractivity contribution is 5.77. The molecule has 102 valence electrons. The van der Waals surface area contributed by atoms with Gasteiger partial charge in [-0.05, 0) is 43.4 Å². The van der Waals surface area contributed by atoms with Crippen LogP contribution >= 0.6 is 0 Å². The summed E-state index contributed by atoms with van der Waals surface area (Å²) < 4.78 is 5.64. The van der Waals surface area contributed by atoms with Gasteiger partial charge in [-0.2, -0.15) is 0 Å². The normalized spacial score (nSPS) is 23.1. The van der Waals surface area contributed by atoms with Crippen molar-refractivity contribution in [2.75, 3.05) is 5.32 Å². The Morgan fingerprint density at radius 3 is 2.95 bits per heavy atom. The summed E-state index contributed by atoms with van der Waals surface area (Å²) in [5, 5.41) is 3.64. The van der Waals surface area contributed by atoms with Crippen molar-refractivity contribution in [3.05, 3.63) is 24.1 Å². The van der Waals surface area contributed by atoms with Crippen molar-refractivity contribution in [3.8, 4) is 0 Å². The zero-order chi connectivity index (χ0) is 13.2. The molecule has 1 N–H and O–H groups in total. The molecule has 1 aromatic carbocycles. The summed E-state index contributed by atoms with van der Waals surface area (Å²) >= 11 is 0. The van der Waals surface area contributed by atoms with E-state index in [0.29, 0.717) is 6.04 Å². The first-order valence-corrected chi connectivity index (χ1v) is 7.44. The molecule has 0 spiro atoms. The number of oxazole rings is 1. The Morgan fingerprint density at radius 2 is 2.21 bits per heavy atom. The molecule has 2 aromatic rings. The van der Waals surface area contributed by atoms with Crippen LogP contribution in [0.25, 0.3) is 11.1 Å². The smallest absolute Gasteiger partial charge is 0.195 e. The number of aromatic nitrogens is 1. The monoisotopic (exact) mass is 258 g/mol. The van der Waals surface area contributed by atoms with E-state index < -0.39 is 0 Å². The first kappa shape index (κ1) is 12.5. The highest BCUT2D eigenvalue weighted by atomic mass is 16.3. The number of hydrogen-bond acceptors (Lipinski definition) is 3. The molecule has 0 saturated heterocycles. The Morgan fingerprint density at radius 1 is 1.32 bits per heavy atom. The van der Waals surface area contributed by atoms with Crippen LogP contribution in [0.2, 0.25) is 0 Å². The maximum absolute atomic E-state index is 5.64. The van der Waals surface area contributed by atoms with E-state index in [1.807, 2.05) is 6.07 Å². The van der Waals surface area contributed by atoms with Gasteiger partial charge in [-0.1, -0.05) is 20.3 Å². The number of anilines is 1. The second kappa shape index (κ2) is 5.24. The molecule has 1 aromatic heterocycles. The van der Waals surface area contributed by atoms with Crippen LogP contribution in [0.1, 0.15) is 45.4 Å². The fourth-order valence-corrected chi connectivity index (χ4v) is 3.03. The minimum Gasteiger partial charge on any atom is -0.441 e. The molecule has 1 heterocycles. The minimum absolute atomic E-state index is 0.625. The van der Waals surface area contributed by atoms with E-state index in [9.17, 15) is 0 Å². The molecule has 2 atom stereocenters. The number of hydrogen-bond donors (Lipinski definition) is 1. The predicted octanol–water partition coefficient (Wildman–Crippen LogP) is 4.38. The molecular formula is C16H22N2O. The fraction of sp³-hybridized carbons (Fsp3) is 0.562. The lowest BCUT2D eigenvalue weighted by Gasteiger charge is -2.14. The summed E-state index contributed by atoms with van der Waals surface area (Å²) in [6.45, 7) is 4.36. The first-order chi connectivity index (χ1) is 9.28. The maximum Gasteiger partial charge on any atom is 0.195 e. The zero-order valence-corrected chi connectivity index (χ0v) is 11.8. The molecule has 19 heavy (non-hydrogen) atoms. The van der Waals surface area contributed by atoms with Crippen LogP contribution < -0.4 is 5.32 Å². The van der Waals surface area contributed by atoms with E-state index in [1.54, 1.807) is 0 Å². The molecule has 2 unspecified atom stereocenters. The van der Waals surface area contributed by atoms with Gasteiger partial charge in [0.15, 0.2) is 11.5 Å². The van der Waals surface area contributed by atoms with Crippen LogP contribution in [0.3, 0.4) is 0 Å². The molecule has 0 aliphatic heterocycles. The van der Waals surface area contributed by atoms with Crippen LogP contribution in [0, 0.1) is 5.92 Å². The molecule has 3 nitrogen and oxygen atoms in total. The summed E-state index contributed by atoms with van der Waals surface area (Å²) in [7, 11) is 0. The molecule has 1 saturated carbocycles. The number of nitrogens with one attached hydrogen (secondary N) is 1. The predicted molar refractivity (Wildman–Crippen MR) is 78.4 cm³/mol. The zero-order valence-electron chi connectivity index (χ0n) is 11.8. The van der Waals surface area contributed by atoms with Gasteiger partial charge >= 0.3 is 0 Å². The van der Waals surface area contributed by atoms with E-state index in [2.05, 4.69) is 36.3 Å². The number of aryl methyl sites for hydroxylation is 1. The number of fused-ring (bicyclic) bond motifs is 1. The lowest BCUT2D eigenvalue weighted by molar-refractivity contribution is 0.525. The molecule has 1 aliphatic carbocycles. The average molecular weight is 258 g/mol. The van der Waals surface area contributed by atoms with Gasteiger partial charge in [0.05, 0.1) is 0 Å². The van der Waals surface area contributed by atoms with Gasteiger partial charge in [-0.3, -0.25) is 0 Å². The van der Waals surface area contributed by atoms with Gasteiger partial charge in [0.2, 0.25) is 0 Å². The molecule has 1 aliphatic rings. The van der Waals surface area contributed by atoms with E-state index in [0.717, 1.165) is 29.3 Å². The van der Waals surface area contributed by atoms with Gasteiger partial charge in [-0.15, -0.1) is 0 Å².